The Balaban J connectivity index is 1.96. The molecule has 120 valence electrons. The number of aromatic nitrogens is 1. The number of pyridine rings is 1. The number of nitrogens with one attached hydrogen (secondary N) is 1. The molecule has 0 radical (unpaired) electrons. The number of aromatic amines is 1. The Hall–Kier alpha value is -2.47. The Morgan fingerprint density at radius 2 is 2.13 bits per heavy atom. The van der Waals surface area contributed by atoms with Crippen LogP contribution < -0.4 is 5.56 Å². The molecule has 1 aliphatic heterocycles. The van der Waals surface area contributed by atoms with Gasteiger partial charge in [-0.15, -0.1) is 0 Å². The van der Waals surface area contributed by atoms with Crippen LogP contribution in [0.15, 0.2) is 41.2 Å². The number of carbonyl (C=O) groups is 1. The van der Waals surface area contributed by atoms with E-state index in [0.29, 0.717) is 23.2 Å². The van der Waals surface area contributed by atoms with E-state index in [9.17, 15) is 19.1 Å². The topological polar surface area (TPSA) is 73.4 Å². The lowest BCUT2D eigenvalue weighted by Crippen LogP contribution is -2.33. The molecule has 2 atom stereocenters. The first kappa shape index (κ1) is 15.4. The molecule has 1 saturated heterocycles. The van der Waals surface area contributed by atoms with Gasteiger partial charge in [0.25, 0.3) is 5.91 Å². The van der Waals surface area contributed by atoms with Crippen LogP contribution in [0, 0.1) is 12.7 Å². The van der Waals surface area contributed by atoms with Crippen molar-refractivity contribution in [3.8, 4) is 0 Å². The van der Waals surface area contributed by atoms with Gasteiger partial charge in [-0.25, -0.2) is 4.39 Å². The maximum absolute atomic E-state index is 13.5. The predicted molar refractivity (Wildman–Crippen MR) is 82.6 cm³/mol. The second-order valence-electron chi connectivity index (χ2n) is 5.78. The van der Waals surface area contributed by atoms with Crippen molar-refractivity contribution in [1.82, 2.24) is 9.88 Å². The van der Waals surface area contributed by atoms with Crippen LogP contribution in [0.2, 0.25) is 0 Å². The average molecular weight is 316 g/mol. The van der Waals surface area contributed by atoms with Crippen molar-refractivity contribution < 1.29 is 14.3 Å². The summed E-state index contributed by atoms with van der Waals surface area (Å²) < 4.78 is 13.5. The number of carbonyl (C=O) groups excluding carboxylic acids is 1. The number of aliphatic hydroxyl groups excluding tert-OH is 1. The zero-order valence-corrected chi connectivity index (χ0v) is 12.6. The highest BCUT2D eigenvalue weighted by molar-refractivity contribution is 5.95. The number of aryl methyl sites for hydroxylation is 1. The van der Waals surface area contributed by atoms with E-state index in [-0.39, 0.29) is 29.9 Å². The van der Waals surface area contributed by atoms with Gasteiger partial charge in [0.05, 0.1) is 17.7 Å². The Morgan fingerprint density at radius 1 is 1.35 bits per heavy atom. The third kappa shape index (κ3) is 3.03. The molecule has 2 aromatic rings. The molecule has 2 heterocycles. The molecule has 2 N–H and O–H groups in total. The molecule has 0 unspecified atom stereocenters. The average Bonchev–Trinajstić information content (AvgIpc) is 2.89. The van der Waals surface area contributed by atoms with Crippen LogP contribution in [0.25, 0.3) is 0 Å². The molecule has 3 rings (SSSR count). The number of hydrogen-bond donors (Lipinski definition) is 2. The molecular formula is C17H17FN2O3. The summed E-state index contributed by atoms with van der Waals surface area (Å²) >= 11 is 0. The van der Waals surface area contributed by atoms with Gasteiger partial charge in [-0.3, -0.25) is 9.59 Å². The van der Waals surface area contributed by atoms with Gasteiger partial charge < -0.3 is 15.0 Å². The predicted octanol–water partition coefficient (Wildman–Crippen LogP) is 1.77. The smallest absolute Gasteiger partial charge is 0.256 e. The largest absolute Gasteiger partial charge is 0.391 e. The number of likely N-dealkylation sites (tertiary alicyclic amines) is 1. The minimum atomic E-state index is -0.657. The number of benzene rings is 1. The number of β-amino-alcohol motifs (C(OH)–C–C–N with tert-alkyl or cyclic N) is 1. The van der Waals surface area contributed by atoms with E-state index < -0.39 is 6.10 Å². The van der Waals surface area contributed by atoms with Gasteiger partial charge >= 0.3 is 0 Å². The zero-order chi connectivity index (χ0) is 16.6. The van der Waals surface area contributed by atoms with E-state index in [2.05, 4.69) is 4.98 Å². The third-order valence-electron chi connectivity index (χ3n) is 4.12. The van der Waals surface area contributed by atoms with Gasteiger partial charge in [-0.1, -0.05) is 12.1 Å². The van der Waals surface area contributed by atoms with Crippen molar-refractivity contribution in [1.29, 1.82) is 0 Å². The molecule has 0 saturated carbocycles. The molecule has 1 fully saturated rings. The van der Waals surface area contributed by atoms with Gasteiger partial charge in [0.1, 0.15) is 5.82 Å². The number of amides is 1. The van der Waals surface area contributed by atoms with Crippen LogP contribution in [-0.4, -0.2) is 33.5 Å². The molecular weight excluding hydrogens is 299 g/mol. The molecule has 0 spiro atoms. The molecule has 6 heteroatoms. The van der Waals surface area contributed by atoms with E-state index in [1.807, 2.05) is 0 Å². The molecule has 1 aromatic carbocycles. The Bertz CT molecular complexity index is 802. The van der Waals surface area contributed by atoms with Crippen LogP contribution in [0.3, 0.4) is 0 Å². The Morgan fingerprint density at radius 3 is 2.83 bits per heavy atom. The SMILES string of the molecule is Cc1[nH]c(=O)ccc1C(=O)N1C[C@H](O)C[C@H]1c1cccc(F)c1. The normalized spacial score (nSPS) is 20.7. The lowest BCUT2D eigenvalue weighted by Gasteiger charge is -2.25. The number of H-pyrrole nitrogens is 1. The minimum Gasteiger partial charge on any atom is -0.391 e. The standard InChI is InChI=1S/C17H17FN2O3/c1-10-14(5-6-16(22)19-10)17(23)20-9-13(21)8-15(20)11-3-2-4-12(18)7-11/h2-7,13,15,21H,8-9H2,1H3,(H,19,22)/t13-,15+/m1/s1. The summed E-state index contributed by atoms with van der Waals surface area (Å²) in [7, 11) is 0. The first-order valence-electron chi connectivity index (χ1n) is 7.40. The summed E-state index contributed by atoms with van der Waals surface area (Å²) in [6, 6.07) is 8.43. The molecule has 1 aliphatic rings. The van der Waals surface area contributed by atoms with Crippen molar-refractivity contribution in [2.75, 3.05) is 6.54 Å². The third-order valence-corrected chi connectivity index (χ3v) is 4.12. The summed E-state index contributed by atoms with van der Waals surface area (Å²) in [4.78, 5) is 28.2. The van der Waals surface area contributed by atoms with Crippen LogP contribution in [0.1, 0.15) is 34.1 Å². The van der Waals surface area contributed by atoms with Gasteiger partial charge in [0.2, 0.25) is 5.56 Å². The number of aliphatic hydroxyl groups is 1. The fraction of sp³-hybridized carbons (Fsp3) is 0.294. The van der Waals surface area contributed by atoms with E-state index in [0.717, 1.165) is 0 Å². The second kappa shape index (κ2) is 5.96. The first-order chi connectivity index (χ1) is 11.0. The first-order valence-corrected chi connectivity index (χ1v) is 7.40. The number of hydrogen-bond acceptors (Lipinski definition) is 3. The van der Waals surface area contributed by atoms with Crippen LogP contribution in [0.4, 0.5) is 4.39 Å². The van der Waals surface area contributed by atoms with Crippen LogP contribution in [0.5, 0.6) is 0 Å². The quantitative estimate of drug-likeness (QED) is 0.887. The molecule has 1 amide bonds. The van der Waals surface area contributed by atoms with Crippen molar-refractivity contribution in [2.24, 2.45) is 0 Å². The molecule has 1 aromatic heterocycles. The number of rotatable bonds is 2. The summed E-state index contributed by atoms with van der Waals surface area (Å²) in [6.45, 7) is 1.83. The molecule has 0 bridgehead atoms. The van der Waals surface area contributed by atoms with E-state index in [1.54, 1.807) is 19.1 Å². The summed E-state index contributed by atoms with van der Waals surface area (Å²) in [5.74, 6) is -0.666. The highest BCUT2D eigenvalue weighted by Gasteiger charge is 2.36. The maximum Gasteiger partial charge on any atom is 0.256 e. The monoisotopic (exact) mass is 316 g/mol. The van der Waals surface area contributed by atoms with E-state index in [1.165, 1.54) is 29.2 Å². The number of halogens is 1. The van der Waals surface area contributed by atoms with E-state index >= 15 is 0 Å². The van der Waals surface area contributed by atoms with Gasteiger partial charge in [0.15, 0.2) is 0 Å². The highest BCUT2D eigenvalue weighted by atomic mass is 19.1. The van der Waals surface area contributed by atoms with Crippen molar-refractivity contribution >= 4 is 5.91 Å². The fourth-order valence-corrected chi connectivity index (χ4v) is 3.03. The lowest BCUT2D eigenvalue weighted by atomic mass is 10.0. The van der Waals surface area contributed by atoms with Gasteiger partial charge in [-0.05, 0) is 37.1 Å². The summed E-state index contributed by atoms with van der Waals surface area (Å²) in [5, 5.41) is 9.96. The molecule has 23 heavy (non-hydrogen) atoms. The molecule has 0 aliphatic carbocycles. The van der Waals surface area contributed by atoms with Crippen LogP contribution in [-0.2, 0) is 0 Å². The Labute approximate surface area is 132 Å². The van der Waals surface area contributed by atoms with Crippen molar-refractivity contribution in [3.63, 3.8) is 0 Å². The van der Waals surface area contributed by atoms with Gasteiger partial charge in [0, 0.05) is 18.3 Å². The van der Waals surface area contributed by atoms with Crippen LogP contribution >= 0.6 is 0 Å². The minimum absolute atomic E-state index is 0.179. The zero-order valence-electron chi connectivity index (χ0n) is 12.6. The lowest BCUT2D eigenvalue weighted by molar-refractivity contribution is 0.0714. The number of nitrogens with zero attached hydrogens (tertiary/aromatic N) is 1. The van der Waals surface area contributed by atoms with Crippen molar-refractivity contribution in [2.45, 2.75) is 25.5 Å². The fourth-order valence-electron chi connectivity index (χ4n) is 3.03. The maximum atomic E-state index is 13.5. The van der Waals surface area contributed by atoms with Gasteiger partial charge in [-0.2, -0.15) is 0 Å². The Kier molecular flexibility index (Phi) is 4.00. The molecule has 5 nitrogen and oxygen atoms in total. The van der Waals surface area contributed by atoms with Crippen molar-refractivity contribution in [3.05, 3.63) is 69.4 Å². The summed E-state index contributed by atoms with van der Waals surface area (Å²) in [6.07, 6.45) is -0.298. The summed E-state index contributed by atoms with van der Waals surface area (Å²) in [5.41, 5.74) is 1.22. The van der Waals surface area contributed by atoms with E-state index in [4.69, 9.17) is 0 Å². The highest BCUT2D eigenvalue weighted by Crippen LogP contribution is 2.33. The second-order valence-corrected chi connectivity index (χ2v) is 5.78.